The second-order valence-corrected chi connectivity index (χ2v) is 6.88. The molecule has 2 heterocycles. The summed E-state index contributed by atoms with van der Waals surface area (Å²) in [4.78, 5) is 26.8. The Morgan fingerprint density at radius 2 is 1.82 bits per heavy atom. The number of thiophene rings is 1. The maximum atomic E-state index is 12.7. The molecule has 114 valence electrons. The van der Waals surface area contributed by atoms with Gasteiger partial charge in [-0.1, -0.05) is 25.1 Å². The van der Waals surface area contributed by atoms with E-state index >= 15 is 0 Å². The molecule has 2 aromatic rings. The number of hydrogen-bond donors (Lipinski definition) is 0. The predicted octanol–water partition coefficient (Wildman–Crippen LogP) is 4.11. The Balaban J connectivity index is 2.01. The predicted molar refractivity (Wildman–Crippen MR) is 86.6 cm³/mol. The molecule has 2 bridgehead atoms. The Bertz CT molecular complexity index is 702. The van der Waals surface area contributed by atoms with E-state index in [0.717, 1.165) is 19.3 Å². The summed E-state index contributed by atoms with van der Waals surface area (Å²) in [6.07, 6.45) is 2.85. The quantitative estimate of drug-likeness (QED) is 0.687. The third-order valence-electron chi connectivity index (χ3n) is 4.00. The number of aryl methyl sites for hydroxylation is 1. The minimum atomic E-state index is -0.410. The van der Waals surface area contributed by atoms with E-state index < -0.39 is 5.97 Å². The molecule has 0 amide bonds. The first-order valence-electron chi connectivity index (χ1n) is 7.54. The SMILES string of the molecule is CC1CCOC(=O)c2ccccc2C(=O)c2ccc(s2)CC1. The lowest BCUT2D eigenvalue weighted by molar-refractivity contribution is 0.0481. The summed E-state index contributed by atoms with van der Waals surface area (Å²) in [7, 11) is 0. The zero-order valence-electron chi connectivity index (χ0n) is 12.5. The number of cyclic esters (lactones) is 1. The van der Waals surface area contributed by atoms with Crippen molar-refractivity contribution < 1.29 is 14.3 Å². The molecule has 1 unspecified atom stereocenters. The third kappa shape index (κ3) is 3.12. The fourth-order valence-electron chi connectivity index (χ4n) is 2.59. The van der Waals surface area contributed by atoms with E-state index in [1.54, 1.807) is 24.3 Å². The van der Waals surface area contributed by atoms with Crippen LogP contribution in [0.3, 0.4) is 0 Å². The normalized spacial score (nSPS) is 19.4. The van der Waals surface area contributed by atoms with E-state index in [4.69, 9.17) is 4.74 Å². The molecular formula is C18H18O3S. The van der Waals surface area contributed by atoms with Gasteiger partial charge in [-0.25, -0.2) is 4.79 Å². The molecule has 3 rings (SSSR count). The van der Waals surface area contributed by atoms with E-state index in [1.165, 1.54) is 16.2 Å². The summed E-state index contributed by atoms with van der Waals surface area (Å²) in [6.45, 7) is 2.57. The zero-order chi connectivity index (χ0) is 15.5. The van der Waals surface area contributed by atoms with Gasteiger partial charge in [-0.05, 0) is 43.4 Å². The lowest BCUT2D eigenvalue weighted by Crippen LogP contribution is -2.13. The summed E-state index contributed by atoms with van der Waals surface area (Å²) < 4.78 is 5.35. The average Bonchev–Trinajstić information content (AvgIpc) is 3.00. The van der Waals surface area contributed by atoms with Crippen molar-refractivity contribution in [3.63, 3.8) is 0 Å². The van der Waals surface area contributed by atoms with Gasteiger partial charge in [0.25, 0.3) is 0 Å². The van der Waals surface area contributed by atoms with Crippen LogP contribution >= 0.6 is 11.3 Å². The minimum absolute atomic E-state index is 0.101. The van der Waals surface area contributed by atoms with Gasteiger partial charge in [-0.3, -0.25) is 4.79 Å². The van der Waals surface area contributed by atoms with Gasteiger partial charge in [0.2, 0.25) is 5.78 Å². The van der Waals surface area contributed by atoms with Crippen molar-refractivity contribution in [2.45, 2.75) is 26.2 Å². The number of rotatable bonds is 0. The van der Waals surface area contributed by atoms with Crippen molar-refractivity contribution in [1.29, 1.82) is 0 Å². The van der Waals surface area contributed by atoms with Crippen LogP contribution in [0.4, 0.5) is 0 Å². The molecule has 3 nitrogen and oxygen atoms in total. The highest BCUT2D eigenvalue weighted by molar-refractivity contribution is 7.14. The van der Waals surface area contributed by atoms with E-state index in [9.17, 15) is 9.59 Å². The minimum Gasteiger partial charge on any atom is -0.462 e. The molecular weight excluding hydrogens is 296 g/mol. The van der Waals surface area contributed by atoms with Crippen molar-refractivity contribution in [3.8, 4) is 0 Å². The molecule has 0 saturated carbocycles. The van der Waals surface area contributed by atoms with Crippen LogP contribution in [0.1, 0.15) is 50.2 Å². The first kappa shape index (κ1) is 15.0. The number of ether oxygens (including phenoxy) is 1. The topological polar surface area (TPSA) is 43.4 Å². The summed E-state index contributed by atoms with van der Waals surface area (Å²) >= 11 is 1.53. The van der Waals surface area contributed by atoms with Crippen LogP contribution in [0, 0.1) is 5.92 Å². The van der Waals surface area contributed by atoms with Crippen LogP contribution in [0.15, 0.2) is 36.4 Å². The van der Waals surface area contributed by atoms with E-state index in [2.05, 4.69) is 6.92 Å². The van der Waals surface area contributed by atoms with Crippen LogP contribution in [0.2, 0.25) is 0 Å². The second-order valence-electron chi connectivity index (χ2n) is 5.71. The molecule has 1 atom stereocenters. The van der Waals surface area contributed by atoms with Crippen LogP contribution in [0.5, 0.6) is 0 Å². The lowest BCUT2D eigenvalue weighted by Gasteiger charge is -2.11. The molecule has 0 saturated heterocycles. The van der Waals surface area contributed by atoms with Gasteiger partial charge in [-0.15, -0.1) is 11.3 Å². The highest BCUT2D eigenvalue weighted by Gasteiger charge is 2.21. The van der Waals surface area contributed by atoms with Crippen molar-refractivity contribution in [2.24, 2.45) is 5.92 Å². The van der Waals surface area contributed by atoms with Gasteiger partial charge in [-0.2, -0.15) is 0 Å². The van der Waals surface area contributed by atoms with Gasteiger partial charge in [0.1, 0.15) is 0 Å². The molecule has 1 aliphatic rings. The first-order valence-corrected chi connectivity index (χ1v) is 8.36. The molecule has 0 spiro atoms. The largest absolute Gasteiger partial charge is 0.462 e. The Morgan fingerprint density at radius 1 is 1.05 bits per heavy atom. The maximum absolute atomic E-state index is 12.7. The van der Waals surface area contributed by atoms with Gasteiger partial charge < -0.3 is 4.74 Å². The van der Waals surface area contributed by atoms with Gasteiger partial charge in [0, 0.05) is 10.4 Å². The zero-order valence-corrected chi connectivity index (χ0v) is 13.3. The molecule has 0 N–H and O–H groups in total. The monoisotopic (exact) mass is 314 g/mol. The highest BCUT2D eigenvalue weighted by atomic mass is 32.1. The Morgan fingerprint density at radius 3 is 2.64 bits per heavy atom. The Hall–Kier alpha value is -1.94. The number of carbonyl (C=O) groups excluding carboxylic acids is 2. The fourth-order valence-corrected chi connectivity index (χ4v) is 3.57. The Kier molecular flexibility index (Phi) is 4.39. The Labute approximate surface area is 133 Å². The molecule has 0 radical (unpaired) electrons. The van der Waals surface area contributed by atoms with E-state index in [1.807, 2.05) is 12.1 Å². The van der Waals surface area contributed by atoms with Crippen molar-refractivity contribution in [3.05, 3.63) is 57.3 Å². The lowest BCUT2D eigenvalue weighted by atomic mass is 10.0. The maximum Gasteiger partial charge on any atom is 0.338 e. The number of ketones is 1. The van der Waals surface area contributed by atoms with Gasteiger partial charge in [0.05, 0.1) is 17.0 Å². The molecule has 0 fully saturated rings. The molecule has 22 heavy (non-hydrogen) atoms. The van der Waals surface area contributed by atoms with Crippen molar-refractivity contribution in [2.75, 3.05) is 6.61 Å². The summed E-state index contributed by atoms with van der Waals surface area (Å²) in [5.41, 5.74) is 0.780. The highest BCUT2D eigenvalue weighted by Crippen LogP contribution is 2.25. The summed E-state index contributed by atoms with van der Waals surface area (Å²) in [5.74, 6) is -0.0201. The van der Waals surface area contributed by atoms with E-state index in [-0.39, 0.29) is 5.78 Å². The van der Waals surface area contributed by atoms with Crippen LogP contribution in [0.25, 0.3) is 0 Å². The number of fused-ring (bicyclic) bond motifs is 3. The van der Waals surface area contributed by atoms with Crippen LogP contribution < -0.4 is 0 Å². The molecule has 0 aliphatic carbocycles. The fraction of sp³-hybridized carbons (Fsp3) is 0.333. The number of carbonyl (C=O) groups is 2. The smallest absolute Gasteiger partial charge is 0.338 e. The molecule has 1 aliphatic heterocycles. The van der Waals surface area contributed by atoms with Gasteiger partial charge >= 0.3 is 5.97 Å². The van der Waals surface area contributed by atoms with Crippen LogP contribution in [-0.4, -0.2) is 18.4 Å². The molecule has 4 heteroatoms. The number of esters is 1. The van der Waals surface area contributed by atoms with Crippen molar-refractivity contribution in [1.82, 2.24) is 0 Å². The standard InChI is InChI=1S/C18H18O3S/c1-12-6-7-13-8-9-16(22-13)17(19)14-4-2-3-5-15(14)18(20)21-11-10-12/h2-5,8-9,12H,6-7,10-11H2,1H3. The van der Waals surface area contributed by atoms with Crippen molar-refractivity contribution >= 4 is 23.1 Å². The van der Waals surface area contributed by atoms with Gasteiger partial charge in [0.15, 0.2) is 0 Å². The number of hydrogen-bond acceptors (Lipinski definition) is 4. The van der Waals surface area contributed by atoms with Crippen LogP contribution in [-0.2, 0) is 11.2 Å². The first-order chi connectivity index (χ1) is 10.6. The molecule has 1 aromatic carbocycles. The van der Waals surface area contributed by atoms with E-state index in [0.29, 0.717) is 28.5 Å². The third-order valence-corrected chi connectivity index (χ3v) is 5.15. The molecule has 1 aromatic heterocycles. The number of benzene rings is 1. The average molecular weight is 314 g/mol. The summed E-state index contributed by atoms with van der Waals surface area (Å²) in [6, 6.07) is 10.8. The second kappa shape index (κ2) is 6.44. The summed E-state index contributed by atoms with van der Waals surface area (Å²) in [5, 5.41) is 0.